The van der Waals surface area contributed by atoms with Crippen molar-refractivity contribution in [3.05, 3.63) is 64.7 Å². The Bertz CT molecular complexity index is 1050. The van der Waals surface area contributed by atoms with Gasteiger partial charge in [0.15, 0.2) is 0 Å². The molecule has 0 radical (unpaired) electrons. The number of hydrogen-bond acceptors (Lipinski definition) is 6. The normalized spacial score (nSPS) is 21.1. The fourth-order valence-electron chi connectivity index (χ4n) is 4.90. The van der Waals surface area contributed by atoms with Crippen molar-refractivity contribution >= 4 is 17.8 Å². The zero-order valence-electron chi connectivity index (χ0n) is 17.8. The van der Waals surface area contributed by atoms with Crippen molar-refractivity contribution in [1.29, 1.82) is 0 Å². The lowest BCUT2D eigenvalue weighted by molar-refractivity contribution is -0.153. The standard InChI is InChI=1S/C24H25NO6/c1-4-31-23(28)24-14-15-13-16(29-2)9-10-17(15)21(24)25(12-11-20(26)30-3)22(27)18-7-5-6-8-19(18)24/h5-10,13,21H,4,11-12,14H2,1-3H3/t21-,24+/m1/s1. The van der Waals surface area contributed by atoms with Crippen molar-refractivity contribution in [3.63, 3.8) is 0 Å². The van der Waals surface area contributed by atoms with Crippen LogP contribution < -0.4 is 4.74 Å². The Labute approximate surface area is 180 Å². The van der Waals surface area contributed by atoms with Gasteiger partial charge in [0.2, 0.25) is 0 Å². The lowest BCUT2D eigenvalue weighted by atomic mass is 9.69. The Kier molecular flexibility index (Phi) is 5.43. The van der Waals surface area contributed by atoms with Crippen molar-refractivity contribution in [2.75, 3.05) is 27.4 Å². The van der Waals surface area contributed by atoms with Crippen LogP contribution in [0.5, 0.6) is 5.75 Å². The molecule has 162 valence electrons. The fraction of sp³-hybridized carbons (Fsp3) is 0.375. The summed E-state index contributed by atoms with van der Waals surface area (Å²) in [6.45, 7) is 2.13. The van der Waals surface area contributed by atoms with Gasteiger partial charge in [-0.2, -0.15) is 0 Å². The Balaban J connectivity index is 1.94. The molecule has 1 heterocycles. The molecule has 7 heteroatoms. The molecule has 2 atom stereocenters. The highest BCUT2D eigenvalue weighted by Crippen LogP contribution is 2.55. The van der Waals surface area contributed by atoms with Crippen LogP contribution >= 0.6 is 0 Å². The van der Waals surface area contributed by atoms with Crippen LogP contribution in [-0.2, 0) is 30.9 Å². The maximum absolute atomic E-state index is 13.6. The van der Waals surface area contributed by atoms with Gasteiger partial charge in [-0.3, -0.25) is 14.4 Å². The number of carbonyl (C=O) groups excluding carboxylic acids is 3. The van der Waals surface area contributed by atoms with Crippen LogP contribution in [0.2, 0.25) is 0 Å². The van der Waals surface area contributed by atoms with E-state index in [-0.39, 0.29) is 31.4 Å². The first-order valence-electron chi connectivity index (χ1n) is 10.3. The van der Waals surface area contributed by atoms with Gasteiger partial charge in [0.05, 0.1) is 33.3 Å². The Morgan fingerprint density at radius 1 is 1.16 bits per heavy atom. The molecule has 0 saturated heterocycles. The molecule has 1 amide bonds. The van der Waals surface area contributed by atoms with E-state index in [1.165, 1.54) is 7.11 Å². The molecule has 0 saturated carbocycles. The van der Waals surface area contributed by atoms with Gasteiger partial charge in [-0.25, -0.2) is 0 Å². The average molecular weight is 423 g/mol. The predicted molar refractivity (Wildman–Crippen MR) is 112 cm³/mol. The minimum atomic E-state index is -1.09. The molecule has 0 aromatic heterocycles. The lowest BCUT2D eigenvalue weighted by Crippen LogP contribution is -2.55. The van der Waals surface area contributed by atoms with Crippen LogP contribution in [0.25, 0.3) is 0 Å². The maximum atomic E-state index is 13.6. The van der Waals surface area contributed by atoms with Gasteiger partial charge >= 0.3 is 11.9 Å². The number of amides is 1. The Morgan fingerprint density at radius 3 is 2.65 bits per heavy atom. The SMILES string of the molecule is CCOC(=O)[C@]12Cc3cc(OC)ccc3[C@H]1N(CCC(=O)OC)C(=O)c1ccccc12. The van der Waals surface area contributed by atoms with Crippen molar-refractivity contribution in [2.24, 2.45) is 0 Å². The highest BCUT2D eigenvalue weighted by molar-refractivity contribution is 6.03. The summed E-state index contributed by atoms with van der Waals surface area (Å²) < 4.78 is 15.7. The number of ether oxygens (including phenoxy) is 3. The molecule has 2 aromatic rings. The summed E-state index contributed by atoms with van der Waals surface area (Å²) in [6.07, 6.45) is 0.410. The van der Waals surface area contributed by atoms with Gasteiger partial charge in [-0.15, -0.1) is 0 Å². The van der Waals surface area contributed by atoms with Crippen molar-refractivity contribution in [2.45, 2.75) is 31.2 Å². The van der Waals surface area contributed by atoms with E-state index in [9.17, 15) is 14.4 Å². The zero-order chi connectivity index (χ0) is 22.2. The molecule has 0 fully saturated rings. The second-order valence-electron chi connectivity index (χ2n) is 7.71. The first-order chi connectivity index (χ1) is 15.0. The number of hydrogen-bond donors (Lipinski definition) is 0. The number of methoxy groups -OCH3 is 2. The molecular weight excluding hydrogens is 398 g/mol. The monoisotopic (exact) mass is 423 g/mol. The third kappa shape index (κ3) is 3.15. The summed E-state index contributed by atoms with van der Waals surface area (Å²) >= 11 is 0. The average Bonchev–Trinajstić information content (AvgIpc) is 3.14. The van der Waals surface area contributed by atoms with Gasteiger partial charge in [0, 0.05) is 12.1 Å². The Hall–Kier alpha value is -3.35. The number of nitrogens with zero attached hydrogens (tertiary/aromatic N) is 1. The quantitative estimate of drug-likeness (QED) is 0.665. The van der Waals surface area contributed by atoms with E-state index in [1.54, 1.807) is 31.1 Å². The summed E-state index contributed by atoms with van der Waals surface area (Å²) in [7, 11) is 2.90. The van der Waals surface area contributed by atoms with Crippen LogP contribution in [-0.4, -0.2) is 50.1 Å². The molecule has 7 nitrogen and oxygen atoms in total. The summed E-state index contributed by atoms with van der Waals surface area (Å²) in [6, 6.07) is 12.2. The minimum absolute atomic E-state index is 0.0330. The topological polar surface area (TPSA) is 82.1 Å². The van der Waals surface area contributed by atoms with Crippen LogP contribution in [0.1, 0.15) is 46.4 Å². The van der Waals surface area contributed by atoms with Gasteiger partial charge in [-0.05, 0) is 48.2 Å². The molecule has 1 aliphatic carbocycles. The fourth-order valence-corrected chi connectivity index (χ4v) is 4.90. The molecule has 2 aliphatic rings. The van der Waals surface area contributed by atoms with Crippen molar-refractivity contribution in [3.8, 4) is 5.75 Å². The second kappa shape index (κ2) is 8.06. The van der Waals surface area contributed by atoms with Gasteiger partial charge in [0.25, 0.3) is 5.91 Å². The highest BCUT2D eigenvalue weighted by Gasteiger charge is 2.61. The lowest BCUT2D eigenvalue weighted by Gasteiger charge is -2.45. The number of fused-ring (bicyclic) bond motifs is 5. The van der Waals surface area contributed by atoms with Crippen molar-refractivity contribution < 1.29 is 28.6 Å². The third-order valence-electron chi connectivity index (χ3n) is 6.22. The van der Waals surface area contributed by atoms with Gasteiger partial charge < -0.3 is 19.1 Å². The Morgan fingerprint density at radius 2 is 1.94 bits per heavy atom. The summed E-state index contributed by atoms with van der Waals surface area (Å²) in [5.74, 6) is -0.329. The number of esters is 2. The van der Waals surface area contributed by atoms with E-state index in [4.69, 9.17) is 14.2 Å². The molecule has 4 rings (SSSR count). The van der Waals surface area contributed by atoms with Crippen LogP contribution in [0, 0.1) is 0 Å². The highest BCUT2D eigenvalue weighted by atomic mass is 16.5. The molecule has 1 aliphatic heterocycles. The largest absolute Gasteiger partial charge is 0.497 e. The molecule has 0 spiro atoms. The van der Waals surface area contributed by atoms with E-state index in [0.717, 1.165) is 11.1 Å². The first-order valence-corrected chi connectivity index (χ1v) is 10.3. The minimum Gasteiger partial charge on any atom is -0.497 e. The molecule has 31 heavy (non-hydrogen) atoms. The third-order valence-corrected chi connectivity index (χ3v) is 6.22. The maximum Gasteiger partial charge on any atom is 0.319 e. The zero-order valence-corrected chi connectivity index (χ0v) is 17.8. The number of carbonyl (C=O) groups is 3. The van der Waals surface area contributed by atoms with Crippen LogP contribution in [0.4, 0.5) is 0 Å². The van der Waals surface area contributed by atoms with Gasteiger partial charge in [0.1, 0.15) is 11.2 Å². The van der Waals surface area contributed by atoms with E-state index >= 15 is 0 Å². The first kappa shape index (κ1) is 20.9. The molecule has 0 bridgehead atoms. The molecule has 2 aromatic carbocycles. The van der Waals surface area contributed by atoms with E-state index in [0.29, 0.717) is 23.3 Å². The molecule has 0 N–H and O–H groups in total. The van der Waals surface area contributed by atoms with E-state index < -0.39 is 17.4 Å². The summed E-state index contributed by atoms with van der Waals surface area (Å²) in [5.41, 5.74) is 1.81. The second-order valence-corrected chi connectivity index (χ2v) is 7.71. The van der Waals surface area contributed by atoms with Gasteiger partial charge in [-0.1, -0.05) is 24.3 Å². The summed E-state index contributed by atoms with van der Waals surface area (Å²) in [4.78, 5) is 40.6. The number of rotatable bonds is 6. The van der Waals surface area contributed by atoms with E-state index in [1.807, 2.05) is 30.3 Å². The number of benzene rings is 2. The smallest absolute Gasteiger partial charge is 0.319 e. The summed E-state index contributed by atoms with van der Waals surface area (Å²) in [5, 5.41) is 0. The molecular formula is C24H25NO6. The molecule has 0 unspecified atom stereocenters. The predicted octanol–water partition coefficient (Wildman–Crippen LogP) is 2.81. The van der Waals surface area contributed by atoms with Crippen LogP contribution in [0.3, 0.4) is 0 Å². The van der Waals surface area contributed by atoms with E-state index in [2.05, 4.69) is 0 Å². The van der Waals surface area contributed by atoms with Crippen LogP contribution in [0.15, 0.2) is 42.5 Å². The van der Waals surface area contributed by atoms with Crippen molar-refractivity contribution in [1.82, 2.24) is 4.90 Å².